The lowest BCUT2D eigenvalue weighted by atomic mass is 9.92. The maximum Gasteiger partial charge on any atom is 0.304 e. The molecule has 0 amide bonds. The smallest absolute Gasteiger partial charge is 0.304 e. The van der Waals surface area contributed by atoms with Crippen LogP contribution in [0.15, 0.2) is 48.5 Å². The Morgan fingerprint density at radius 3 is 2.48 bits per heavy atom. The second kappa shape index (κ2) is 10.4. The third-order valence-corrected chi connectivity index (χ3v) is 9.77. The van der Waals surface area contributed by atoms with Crippen LogP contribution in [-0.4, -0.2) is 50.3 Å². The van der Waals surface area contributed by atoms with Crippen molar-refractivity contribution in [2.24, 2.45) is 0 Å². The molecule has 0 bridgehead atoms. The van der Waals surface area contributed by atoms with Gasteiger partial charge in [0.15, 0.2) is 9.84 Å². The zero-order valence-corrected chi connectivity index (χ0v) is 23.4. The fraction of sp³-hybridized carbons (Fsp3) is 0.387. The molecule has 0 radical (unpaired) electrons. The van der Waals surface area contributed by atoms with E-state index < -0.39 is 15.8 Å². The number of aryl methyl sites for hydroxylation is 2. The number of carboxylic acid groups (broad SMARTS) is 1. The summed E-state index contributed by atoms with van der Waals surface area (Å²) in [5.41, 5.74) is 7.17. The maximum atomic E-state index is 11.8. The van der Waals surface area contributed by atoms with Gasteiger partial charge in [0.05, 0.1) is 30.6 Å². The van der Waals surface area contributed by atoms with E-state index in [0.29, 0.717) is 26.1 Å². The second-order valence-electron chi connectivity index (χ2n) is 11.0. The predicted octanol–water partition coefficient (Wildman–Crippen LogP) is 5.42. The lowest BCUT2D eigenvalue weighted by molar-refractivity contribution is -0.137. The van der Waals surface area contributed by atoms with Crippen LogP contribution in [0.3, 0.4) is 0 Å². The number of benzene rings is 3. The van der Waals surface area contributed by atoms with Gasteiger partial charge in [-0.25, -0.2) is 8.42 Å². The minimum atomic E-state index is -2.93. The van der Waals surface area contributed by atoms with Crippen LogP contribution in [0.4, 0.5) is 5.69 Å². The molecular formula is C31H33NO7S. The first-order valence-electron chi connectivity index (χ1n) is 13.7. The minimum Gasteiger partial charge on any atom is -0.493 e. The summed E-state index contributed by atoms with van der Waals surface area (Å²) in [6, 6.07) is 16.1. The van der Waals surface area contributed by atoms with Gasteiger partial charge in [-0.2, -0.15) is 0 Å². The fourth-order valence-electron chi connectivity index (χ4n) is 6.11. The van der Waals surface area contributed by atoms with E-state index in [0.717, 1.165) is 56.3 Å². The molecule has 40 heavy (non-hydrogen) atoms. The third kappa shape index (κ3) is 5.22. The number of para-hydroxylation sites is 1. The van der Waals surface area contributed by atoms with Gasteiger partial charge in [0, 0.05) is 34.4 Å². The van der Waals surface area contributed by atoms with E-state index >= 15 is 0 Å². The first-order chi connectivity index (χ1) is 19.2. The second-order valence-corrected chi connectivity index (χ2v) is 13.3. The summed E-state index contributed by atoms with van der Waals surface area (Å²) in [7, 11) is -2.93. The Labute approximate surface area is 234 Å². The van der Waals surface area contributed by atoms with Crippen LogP contribution in [0.25, 0.3) is 11.1 Å². The van der Waals surface area contributed by atoms with E-state index in [1.807, 2.05) is 36.4 Å². The lowest BCUT2D eigenvalue weighted by Gasteiger charge is -2.24. The van der Waals surface area contributed by atoms with Gasteiger partial charge >= 0.3 is 5.97 Å². The molecule has 2 atom stereocenters. The van der Waals surface area contributed by atoms with Gasteiger partial charge in [-0.15, -0.1) is 0 Å². The Bertz CT molecular complexity index is 1550. The zero-order valence-electron chi connectivity index (χ0n) is 22.6. The highest BCUT2D eigenvalue weighted by molar-refractivity contribution is 7.91. The van der Waals surface area contributed by atoms with Crippen LogP contribution in [0.1, 0.15) is 53.5 Å². The Morgan fingerprint density at radius 1 is 1.00 bits per heavy atom. The summed E-state index contributed by atoms with van der Waals surface area (Å²) in [4.78, 5) is 11.2. The molecule has 3 aromatic rings. The van der Waals surface area contributed by atoms with E-state index in [9.17, 15) is 13.2 Å². The lowest BCUT2D eigenvalue weighted by Crippen LogP contribution is -2.30. The summed E-state index contributed by atoms with van der Waals surface area (Å²) >= 11 is 0. The molecule has 6 rings (SSSR count). The molecular weight excluding hydrogens is 530 g/mol. The monoisotopic (exact) mass is 563 g/mol. The van der Waals surface area contributed by atoms with E-state index in [1.165, 1.54) is 0 Å². The van der Waals surface area contributed by atoms with Crippen LogP contribution in [0, 0.1) is 13.8 Å². The van der Waals surface area contributed by atoms with Gasteiger partial charge in [0.25, 0.3) is 0 Å². The van der Waals surface area contributed by atoms with Crippen LogP contribution < -0.4 is 19.5 Å². The first-order valence-corrected chi connectivity index (χ1v) is 15.5. The number of fused-ring (bicyclic) bond motifs is 2. The summed E-state index contributed by atoms with van der Waals surface area (Å²) < 4.78 is 41.8. The van der Waals surface area contributed by atoms with Crippen molar-refractivity contribution in [1.29, 1.82) is 0 Å². The SMILES string of the molecule is Cc1cc(OC2CCS(=O)(=O)CC2)cc(C)c1-c1cccc2c1OC[C@H]2Nc1ccc2c(c1)OC[C@H]2CC(=O)O. The Balaban J connectivity index is 1.21. The molecule has 0 saturated carbocycles. The molecule has 3 aliphatic rings. The van der Waals surface area contributed by atoms with Crippen LogP contribution in [0.5, 0.6) is 17.2 Å². The highest BCUT2D eigenvalue weighted by atomic mass is 32.2. The molecule has 8 nitrogen and oxygen atoms in total. The summed E-state index contributed by atoms with van der Waals surface area (Å²) in [5, 5.41) is 12.7. The van der Waals surface area contributed by atoms with Gasteiger partial charge in [0.2, 0.25) is 0 Å². The highest BCUT2D eigenvalue weighted by Gasteiger charge is 2.30. The molecule has 210 valence electrons. The largest absolute Gasteiger partial charge is 0.493 e. The summed E-state index contributed by atoms with van der Waals surface area (Å²) in [6.07, 6.45) is 1.02. The number of carbonyl (C=O) groups is 1. The van der Waals surface area contributed by atoms with Crippen molar-refractivity contribution >= 4 is 21.5 Å². The van der Waals surface area contributed by atoms with Crippen molar-refractivity contribution in [3.63, 3.8) is 0 Å². The Morgan fingerprint density at radius 2 is 1.75 bits per heavy atom. The zero-order chi connectivity index (χ0) is 28.0. The molecule has 3 heterocycles. The molecule has 1 fully saturated rings. The van der Waals surface area contributed by atoms with Crippen LogP contribution in [0.2, 0.25) is 0 Å². The Kier molecular flexibility index (Phi) is 6.86. The molecule has 2 N–H and O–H groups in total. The number of aliphatic carboxylic acids is 1. The van der Waals surface area contributed by atoms with Gasteiger partial charge in [-0.05, 0) is 61.6 Å². The van der Waals surface area contributed by atoms with Crippen molar-refractivity contribution in [3.05, 3.63) is 70.8 Å². The topological polar surface area (TPSA) is 111 Å². The average Bonchev–Trinajstić information content (AvgIpc) is 3.49. The molecule has 0 aromatic heterocycles. The summed E-state index contributed by atoms with van der Waals surface area (Å²) in [5.74, 6) is 1.76. The van der Waals surface area contributed by atoms with Gasteiger partial charge in [0.1, 0.15) is 30.0 Å². The number of carboxylic acids is 1. The van der Waals surface area contributed by atoms with Crippen molar-refractivity contribution in [1.82, 2.24) is 0 Å². The summed E-state index contributed by atoms with van der Waals surface area (Å²) in [6.45, 7) is 4.99. The van der Waals surface area contributed by atoms with E-state index in [1.54, 1.807) is 0 Å². The first kappa shape index (κ1) is 26.5. The predicted molar refractivity (Wildman–Crippen MR) is 152 cm³/mol. The van der Waals surface area contributed by atoms with E-state index in [4.69, 9.17) is 19.3 Å². The number of anilines is 1. The molecule has 3 aliphatic heterocycles. The van der Waals surface area contributed by atoms with Gasteiger partial charge < -0.3 is 24.6 Å². The van der Waals surface area contributed by atoms with Crippen molar-refractivity contribution in [2.45, 2.75) is 51.2 Å². The van der Waals surface area contributed by atoms with Crippen molar-refractivity contribution < 1.29 is 32.5 Å². The third-order valence-electron chi connectivity index (χ3n) is 8.05. The van der Waals surface area contributed by atoms with Crippen molar-refractivity contribution in [3.8, 4) is 28.4 Å². The number of hydrogen-bond donors (Lipinski definition) is 2. The van der Waals surface area contributed by atoms with Gasteiger partial charge in [-0.1, -0.05) is 24.3 Å². The normalized spacial score (nSPS) is 21.1. The minimum absolute atomic E-state index is 0.0463. The highest BCUT2D eigenvalue weighted by Crippen LogP contribution is 2.45. The number of sulfone groups is 1. The standard InChI is InChI=1S/C31H33NO7S/c1-18-12-23(39-22-8-10-40(35,36)11-9-22)13-19(2)30(18)26-5-3-4-25-27(17-38-31(25)26)32-21-6-7-24-20(14-29(33)34)16-37-28(24)15-21/h3-7,12-13,15,20,22,27,32H,8-11,14,16-17H2,1-2H3,(H,33,34)/t20-,27-/m1/s1. The van der Waals surface area contributed by atoms with E-state index in [-0.39, 0.29) is 36.0 Å². The number of hydrogen-bond acceptors (Lipinski definition) is 7. The van der Waals surface area contributed by atoms with E-state index in [2.05, 4.69) is 31.3 Å². The number of rotatable bonds is 7. The quantitative estimate of drug-likeness (QED) is 0.392. The molecule has 3 aromatic carbocycles. The Hall–Kier alpha value is -3.72. The number of nitrogens with one attached hydrogen (secondary N) is 1. The molecule has 0 unspecified atom stereocenters. The number of ether oxygens (including phenoxy) is 3. The maximum absolute atomic E-state index is 11.8. The fourth-order valence-corrected chi connectivity index (χ4v) is 7.55. The van der Waals surface area contributed by atoms with Crippen LogP contribution >= 0.6 is 0 Å². The average molecular weight is 564 g/mol. The molecule has 0 aliphatic carbocycles. The van der Waals surface area contributed by atoms with Crippen LogP contribution in [-0.2, 0) is 14.6 Å². The molecule has 0 spiro atoms. The van der Waals surface area contributed by atoms with Gasteiger partial charge in [-0.3, -0.25) is 4.79 Å². The molecule has 9 heteroatoms. The molecule has 1 saturated heterocycles. The van der Waals surface area contributed by atoms with Crippen molar-refractivity contribution in [2.75, 3.05) is 30.0 Å².